The third-order valence-electron chi connectivity index (χ3n) is 1.41. The summed E-state index contributed by atoms with van der Waals surface area (Å²) < 4.78 is 1.48. The maximum atomic E-state index is 10.3. The predicted octanol–water partition coefficient (Wildman–Crippen LogP) is 0.571. The highest BCUT2D eigenvalue weighted by molar-refractivity contribution is 5.57. The van der Waals surface area contributed by atoms with Crippen molar-refractivity contribution < 1.29 is 4.92 Å². The second kappa shape index (κ2) is 1.82. The maximum absolute atomic E-state index is 10.3. The fraction of sp³-hybridized carbons (Fsp3) is 0. The third kappa shape index (κ3) is 0.689. The van der Waals surface area contributed by atoms with Crippen LogP contribution in [-0.2, 0) is 0 Å². The van der Waals surface area contributed by atoms with Crippen LogP contribution in [-0.4, -0.2) is 19.5 Å². The van der Waals surface area contributed by atoms with Gasteiger partial charge in [0.1, 0.15) is 6.20 Å². The number of rotatable bonds is 1. The molecule has 6 nitrogen and oxygen atoms in total. The van der Waals surface area contributed by atoms with Crippen LogP contribution in [0, 0.1) is 10.1 Å². The van der Waals surface area contributed by atoms with E-state index >= 15 is 0 Å². The van der Waals surface area contributed by atoms with Crippen LogP contribution in [0.3, 0.4) is 0 Å². The van der Waals surface area contributed by atoms with Crippen molar-refractivity contribution in [3.63, 3.8) is 0 Å². The van der Waals surface area contributed by atoms with Crippen molar-refractivity contribution in [1.29, 1.82) is 0 Å². The highest BCUT2D eigenvalue weighted by Gasteiger charge is 2.14. The summed E-state index contributed by atoms with van der Waals surface area (Å²) in [5, 5.41) is 13.0. The first-order valence-electron chi connectivity index (χ1n) is 2.94. The lowest BCUT2D eigenvalue weighted by Gasteiger charge is -1.80. The molecule has 1 N–H and O–H groups in total. The molecule has 6 heteroatoms. The van der Waals surface area contributed by atoms with Crippen LogP contribution in [0.4, 0.5) is 5.69 Å². The molecule has 2 aromatic rings. The number of nitrogens with one attached hydrogen (secondary N) is 1. The lowest BCUT2D eigenvalue weighted by atomic mass is 10.6. The second-order valence-electron chi connectivity index (χ2n) is 2.04. The Labute approximate surface area is 60.6 Å². The van der Waals surface area contributed by atoms with Crippen molar-refractivity contribution in [3.05, 3.63) is 28.7 Å². The van der Waals surface area contributed by atoms with Crippen molar-refractivity contribution in [2.45, 2.75) is 0 Å². The van der Waals surface area contributed by atoms with Gasteiger partial charge in [-0.25, -0.2) is 9.50 Å². The summed E-state index contributed by atoms with van der Waals surface area (Å²) in [7, 11) is 0. The normalized spacial score (nSPS) is 10.5. The first-order valence-corrected chi connectivity index (χ1v) is 2.94. The molecule has 0 saturated carbocycles. The smallest absolute Gasteiger partial charge is 0.293 e. The Bertz CT molecular complexity index is 401. The van der Waals surface area contributed by atoms with Gasteiger partial charge in [0.15, 0.2) is 0 Å². The molecule has 56 valence electrons. The van der Waals surface area contributed by atoms with Crippen LogP contribution in [0.2, 0.25) is 0 Å². The summed E-state index contributed by atoms with van der Waals surface area (Å²) >= 11 is 0. The molecule has 0 bridgehead atoms. The van der Waals surface area contributed by atoms with Gasteiger partial charge >= 0.3 is 5.69 Å². The number of hydrogen-bond donors (Lipinski definition) is 1. The zero-order valence-electron chi connectivity index (χ0n) is 5.39. The molecule has 0 aliphatic carbocycles. The summed E-state index contributed by atoms with van der Waals surface area (Å²) in [6, 6.07) is 0. The van der Waals surface area contributed by atoms with E-state index in [1.165, 1.54) is 16.9 Å². The molecule has 2 rings (SSSR count). The summed E-state index contributed by atoms with van der Waals surface area (Å²) in [4.78, 5) is 13.6. The molecule has 0 aliphatic rings. The fourth-order valence-electron chi connectivity index (χ4n) is 0.927. The molecule has 0 spiro atoms. The largest absolute Gasteiger partial charge is 0.330 e. The van der Waals surface area contributed by atoms with Gasteiger partial charge in [-0.1, -0.05) is 0 Å². The SMILES string of the molecule is O=[N+]([O-])c1c[nH]n2ccnc12. The average molecular weight is 152 g/mol. The Morgan fingerprint density at radius 2 is 2.55 bits per heavy atom. The van der Waals surface area contributed by atoms with E-state index in [1.54, 1.807) is 6.20 Å². The molecule has 0 unspecified atom stereocenters. The van der Waals surface area contributed by atoms with Crippen LogP contribution in [0.1, 0.15) is 0 Å². The number of H-pyrrole nitrogens is 1. The molecule has 11 heavy (non-hydrogen) atoms. The molecule has 0 aliphatic heterocycles. The van der Waals surface area contributed by atoms with Crippen molar-refractivity contribution in [2.24, 2.45) is 0 Å². The molecule has 0 amide bonds. The number of hydrogen-bond acceptors (Lipinski definition) is 3. The Morgan fingerprint density at radius 1 is 1.73 bits per heavy atom. The molecular weight excluding hydrogens is 148 g/mol. The lowest BCUT2D eigenvalue weighted by Crippen LogP contribution is -1.85. The summed E-state index contributed by atoms with van der Waals surface area (Å²) in [5.74, 6) is 0. The molecular formula is C5H4N4O2. The Morgan fingerprint density at radius 3 is 3.27 bits per heavy atom. The number of aromatic amines is 1. The van der Waals surface area contributed by atoms with Crippen LogP contribution < -0.4 is 0 Å². The van der Waals surface area contributed by atoms with Crippen molar-refractivity contribution >= 4 is 11.3 Å². The van der Waals surface area contributed by atoms with E-state index in [-0.39, 0.29) is 5.69 Å². The highest BCUT2D eigenvalue weighted by atomic mass is 16.6. The number of nitrogens with zero attached hydrogens (tertiary/aromatic N) is 3. The Hall–Kier alpha value is -1.85. The van der Waals surface area contributed by atoms with Crippen molar-refractivity contribution in [3.8, 4) is 0 Å². The first-order chi connectivity index (χ1) is 5.29. The van der Waals surface area contributed by atoms with Gasteiger partial charge in [0.25, 0.3) is 0 Å². The highest BCUT2D eigenvalue weighted by Crippen LogP contribution is 2.15. The van der Waals surface area contributed by atoms with E-state index in [0.29, 0.717) is 5.65 Å². The minimum absolute atomic E-state index is 0.00463. The second-order valence-corrected chi connectivity index (χ2v) is 2.04. The van der Waals surface area contributed by atoms with Gasteiger partial charge in [-0.15, -0.1) is 0 Å². The van der Waals surface area contributed by atoms with Gasteiger partial charge in [-0.2, -0.15) is 0 Å². The van der Waals surface area contributed by atoms with Crippen molar-refractivity contribution in [2.75, 3.05) is 0 Å². The summed E-state index contributed by atoms with van der Waals surface area (Å²) in [6.07, 6.45) is 4.42. The predicted molar refractivity (Wildman–Crippen MR) is 36.2 cm³/mol. The first kappa shape index (κ1) is 5.90. The maximum Gasteiger partial charge on any atom is 0.330 e. The van der Waals surface area contributed by atoms with E-state index < -0.39 is 4.92 Å². The van der Waals surface area contributed by atoms with Crippen LogP contribution >= 0.6 is 0 Å². The van der Waals surface area contributed by atoms with Gasteiger partial charge in [0.05, 0.1) is 4.92 Å². The van der Waals surface area contributed by atoms with Gasteiger partial charge < -0.3 is 0 Å². The monoisotopic (exact) mass is 152 g/mol. The standard InChI is InChI=1S/C5H4N4O2/c10-9(11)4-3-7-8-2-1-6-5(4)8/h1-3,7H. The third-order valence-corrected chi connectivity index (χ3v) is 1.41. The minimum Gasteiger partial charge on any atom is -0.293 e. The number of imidazole rings is 1. The summed E-state index contributed by atoms with van der Waals surface area (Å²) in [5.41, 5.74) is 0.338. The quantitative estimate of drug-likeness (QED) is 0.479. The average Bonchev–Trinajstić information content (AvgIpc) is 2.41. The van der Waals surface area contributed by atoms with E-state index in [2.05, 4.69) is 10.1 Å². The molecule has 0 aromatic carbocycles. The molecule has 0 saturated heterocycles. The minimum atomic E-state index is -0.473. The van der Waals surface area contributed by atoms with Gasteiger partial charge in [-0.3, -0.25) is 15.2 Å². The molecule has 0 radical (unpaired) electrons. The van der Waals surface area contributed by atoms with Gasteiger partial charge in [0.2, 0.25) is 5.65 Å². The summed E-state index contributed by atoms with van der Waals surface area (Å²) in [6.45, 7) is 0. The fourth-order valence-corrected chi connectivity index (χ4v) is 0.927. The van der Waals surface area contributed by atoms with Gasteiger partial charge in [-0.05, 0) is 0 Å². The van der Waals surface area contributed by atoms with Gasteiger partial charge in [0, 0.05) is 12.4 Å². The van der Waals surface area contributed by atoms with Crippen molar-refractivity contribution in [1.82, 2.24) is 14.6 Å². The molecule has 2 aromatic heterocycles. The van der Waals surface area contributed by atoms with E-state index in [1.807, 2.05) is 0 Å². The van der Waals surface area contributed by atoms with E-state index in [9.17, 15) is 10.1 Å². The number of fused-ring (bicyclic) bond motifs is 1. The lowest BCUT2D eigenvalue weighted by molar-refractivity contribution is -0.383. The molecule has 0 atom stereocenters. The zero-order valence-corrected chi connectivity index (χ0v) is 5.39. The van der Waals surface area contributed by atoms with Crippen LogP contribution in [0.5, 0.6) is 0 Å². The Kier molecular flexibility index (Phi) is 0.974. The molecule has 2 heterocycles. The number of aromatic nitrogens is 3. The topological polar surface area (TPSA) is 76.2 Å². The van der Waals surface area contributed by atoms with E-state index in [0.717, 1.165) is 0 Å². The van der Waals surface area contributed by atoms with E-state index in [4.69, 9.17) is 0 Å². The van der Waals surface area contributed by atoms with Crippen LogP contribution in [0.25, 0.3) is 5.65 Å². The molecule has 0 fully saturated rings. The zero-order chi connectivity index (χ0) is 7.84. The number of nitro groups is 1. The van der Waals surface area contributed by atoms with Crippen LogP contribution in [0.15, 0.2) is 18.6 Å². The Balaban J connectivity index is 2.78.